The van der Waals surface area contributed by atoms with E-state index in [0.29, 0.717) is 0 Å². The molecule has 1 N–H and O–H groups in total. The summed E-state index contributed by atoms with van der Waals surface area (Å²) < 4.78 is 6.30. The van der Waals surface area contributed by atoms with E-state index < -0.39 is 0 Å². The lowest BCUT2D eigenvalue weighted by atomic mass is 9.94. The highest BCUT2D eigenvalue weighted by Crippen LogP contribution is 2.38. The minimum atomic E-state index is 0.0950. The third-order valence-electron chi connectivity index (χ3n) is 4.52. The molecule has 114 valence electrons. The summed E-state index contributed by atoms with van der Waals surface area (Å²) in [5.74, 6) is 0. The Balaban J connectivity index is 2.08. The first kappa shape index (κ1) is 13.9. The number of benzene rings is 2. The zero-order valence-corrected chi connectivity index (χ0v) is 13.4. The van der Waals surface area contributed by atoms with Crippen molar-refractivity contribution in [2.24, 2.45) is 0 Å². The summed E-state index contributed by atoms with van der Waals surface area (Å²) in [6, 6.07) is 10.7. The van der Waals surface area contributed by atoms with Gasteiger partial charge in [-0.25, -0.2) is 0 Å². The number of rotatable bonds is 2. The summed E-state index contributed by atoms with van der Waals surface area (Å²) >= 11 is 0. The van der Waals surface area contributed by atoms with Crippen LogP contribution in [0.15, 0.2) is 65.3 Å². The van der Waals surface area contributed by atoms with Gasteiger partial charge in [0.25, 0.3) is 0 Å². The molecule has 0 bridgehead atoms. The first-order chi connectivity index (χ1) is 11.2. The number of nitrogens with one attached hydrogen (secondary N) is 1. The lowest BCUT2D eigenvalue weighted by Gasteiger charge is -2.20. The average molecular weight is 301 g/mol. The third kappa shape index (κ3) is 2.10. The highest BCUT2D eigenvalue weighted by atomic mass is 16.3. The molecule has 0 amide bonds. The Morgan fingerprint density at radius 3 is 2.70 bits per heavy atom. The van der Waals surface area contributed by atoms with Crippen LogP contribution < -0.4 is 5.32 Å². The molecule has 2 nitrogen and oxygen atoms in total. The second kappa shape index (κ2) is 5.17. The van der Waals surface area contributed by atoms with E-state index in [0.717, 1.165) is 33.2 Å². The van der Waals surface area contributed by atoms with Crippen LogP contribution in [0.4, 0.5) is 0 Å². The molecule has 0 radical (unpaired) electrons. The van der Waals surface area contributed by atoms with Gasteiger partial charge in [0.05, 0.1) is 6.04 Å². The topological polar surface area (TPSA) is 25.2 Å². The van der Waals surface area contributed by atoms with Crippen LogP contribution in [0.25, 0.3) is 28.0 Å². The van der Waals surface area contributed by atoms with Gasteiger partial charge in [-0.1, -0.05) is 48.6 Å². The monoisotopic (exact) mass is 301 g/mol. The molecule has 0 saturated carbocycles. The predicted molar refractivity (Wildman–Crippen MR) is 97.3 cm³/mol. The Kier molecular flexibility index (Phi) is 3.12. The quantitative estimate of drug-likeness (QED) is 0.662. The fraction of sp³-hybridized carbons (Fsp3) is 0.143. The number of furan rings is 1. The second-order valence-electron chi connectivity index (χ2n) is 6.09. The van der Waals surface area contributed by atoms with Gasteiger partial charge in [-0.05, 0) is 43.3 Å². The van der Waals surface area contributed by atoms with Crippen molar-refractivity contribution in [3.8, 4) is 0 Å². The van der Waals surface area contributed by atoms with Gasteiger partial charge >= 0.3 is 0 Å². The summed E-state index contributed by atoms with van der Waals surface area (Å²) in [5.41, 5.74) is 6.57. The number of fused-ring (bicyclic) bond motifs is 3. The molecule has 2 heteroatoms. The molecule has 1 unspecified atom stereocenters. The standard InChI is InChI=1S/C21H19NO/c1-4-15-8-9-17-16-7-5-6-14(3)20(16)23-21(17)19(15)18-12-13(2)10-11-22-18/h4-12,18,22H,1H2,2-3H3. The lowest BCUT2D eigenvalue weighted by Crippen LogP contribution is -2.17. The van der Waals surface area contributed by atoms with Crippen molar-refractivity contribution in [3.63, 3.8) is 0 Å². The number of hydrogen-bond donors (Lipinski definition) is 1. The molecule has 1 aliphatic heterocycles. The second-order valence-corrected chi connectivity index (χ2v) is 6.09. The molecule has 1 atom stereocenters. The zero-order valence-electron chi connectivity index (χ0n) is 13.4. The van der Waals surface area contributed by atoms with E-state index in [1.165, 1.54) is 11.0 Å². The molecule has 1 aromatic heterocycles. The molecule has 0 saturated heterocycles. The Bertz CT molecular complexity index is 988. The van der Waals surface area contributed by atoms with E-state index in [1.54, 1.807) is 0 Å². The maximum Gasteiger partial charge on any atom is 0.141 e. The molecular formula is C21H19NO. The van der Waals surface area contributed by atoms with Crippen LogP contribution in [-0.4, -0.2) is 0 Å². The Morgan fingerprint density at radius 2 is 1.91 bits per heavy atom. The van der Waals surface area contributed by atoms with Crippen molar-refractivity contribution >= 4 is 28.0 Å². The maximum absolute atomic E-state index is 6.30. The van der Waals surface area contributed by atoms with Gasteiger partial charge in [0.15, 0.2) is 0 Å². The lowest BCUT2D eigenvalue weighted by molar-refractivity contribution is 0.645. The summed E-state index contributed by atoms with van der Waals surface area (Å²) in [6.07, 6.45) is 8.20. The molecule has 0 aliphatic carbocycles. The van der Waals surface area contributed by atoms with E-state index >= 15 is 0 Å². The van der Waals surface area contributed by atoms with E-state index in [4.69, 9.17) is 4.42 Å². The van der Waals surface area contributed by atoms with E-state index in [1.807, 2.05) is 12.3 Å². The van der Waals surface area contributed by atoms with Crippen molar-refractivity contribution in [2.75, 3.05) is 0 Å². The van der Waals surface area contributed by atoms with E-state index in [9.17, 15) is 0 Å². The van der Waals surface area contributed by atoms with Crippen LogP contribution in [0.3, 0.4) is 0 Å². The Morgan fingerprint density at radius 1 is 1.09 bits per heavy atom. The Hall–Kier alpha value is -2.74. The van der Waals surface area contributed by atoms with Crippen molar-refractivity contribution in [1.29, 1.82) is 0 Å². The smallest absolute Gasteiger partial charge is 0.141 e. The average Bonchev–Trinajstić information content (AvgIpc) is 2.94. The highest BCUT2D eigenvalue weighted by molar-refractivity contribution is 6.07. The minimum Gasteiger partial charge on any atom is -0.455 e. The van der Waals surface area contributed by atoms with Crippen molar-refractivity contribution in [1.82, 2.24) is 5.32 Å². The highest BCUT2D eigenvalue weighted by Gasteiger charge is 2.20. The minimum absolute atomic E-state index is 0.0950. The van der Waals surface area contributed by atoms with Crippen LogP contribution in [0.2, 0.25) is 0 Å². The van der Waals surface area contributed by atoms with E-state index in [-0.39, 0.29) is 6.04 Å². The zero-order chi connectivity index (χ0) is 16.0. The van der Waals surface area contributed by atoms with Gasteiger partial charge < -0.3 is 9.73 Å². The SMILES string of the molecule is C=Cc1ccc2c(oc3c(C)cccc32)c1C1C=C(C)C=CN1. The molecule has 2 aromatic carbocycles. The number of allylic oxidation sites excluding steroid dienone is 2. The molecule has 23 heavy (non-hydrogen) atoms. The van der Waals surface area contributed by atoms with Gasteiger partial charge in [-0.3, -0.25) is 0 Å². The molecule has 1 aliphatic rings. The normalized spacial score (nSPS) is 17.3. The summed E-state index contributed by atoms with van der Waals surface area (Å²) in [7, 11) is 0. The van der Waals surface area contributed by atoms with Gasteiger partial charge in [0, 0.05) is 16.3 Å². The molecular weight excluding hydrogens is 282 g/mol. The third-order valence-corrected chi connectivity index (χ3v) is 4.52. The van der Waals surface area contributed by atoms with Gasteiger partial charge in [-0.2, -0.15) is 0 Å². The number of aryl methyl sites for hydroxylation is 1. The van der Waals surface area contributed by atoms with Crippen LogP contribution in [-0.2, 0) is 0 Å². The number of dihydropyridines is 1. The van der Waals surface area contributed by atoms with Crippen LogP contribution in [0, 0.1) is 6.92 Å². The van der Waals surface area contributed by atoms with Crippen molar-refractivity contribution in [3.05, 3.63) is 77.5 Å². The Labute approximate surface area is 135 Å². The first-order valence-corrected chi connectivity index (χ1v) is 7.87. The molecule has 0 fully saturated rings. The molecule has 4 rings (SSSR count). The van der Waals surface area contributed by atoms with E-state index in [2.05, 4.69) is 68.2 Å². The van der Waals surface area contributed by atoms with Crippen molar-refractivity contribution in [2.45, 2.75) is 19.9 Å². The maximum atomic E-state index is 6.30. The predicted octanol–water partition coefficient (Wildman–Crippen LogP) is 5.64. The van der Waals surface area contributed by atoms with Crippen LogP contribution >= 0.6 is 0 Å². The molecule has 3 aromatic rings. The summed E-state index contributed by atoms with van der Waals surface area (Å²) in [6.45, 7) is 8.18. The van der Waals surface area contributed by atoms with Gasteiger partial charge in [0.1, 0.15) is 11.2 Å². The van der Waals surface area contributed by atoms with Gasteiger partial charge in [0.2, 0.25) is 0 Å². The largest absolute Gasteiger partial charge is 0.455 e. The van der Waals surface area contributed by atoms with Gasteiger partial charge in [-0.15, -0.1) is 0 Å². The number of para-hydroxylation sites is 1. The van der Waals surface area contributed by atoms with Crippen LogP contribution in [0.5, 0.6) is 0 Å². The first-order valence-electron chi connectivity index (χ1n) is 7.87. The summed E-state index contributed by atoms with van der Waals surface area (Å²) in [4.78, 5) is 0. The fourth-order valence-corrected chi connectivity index (χ4v) is 3.35. The summed E-state index contributed by atoms with van der Waals surface area (Å²) in [5, 5.41) is 5.76. The molecule has 2 heterocycles. The number of hydrogen-bond acceptors (Lipinski definition) is 2. The fourth-order valence-electron chi connectivity index (χ4n) is 3.35. The van der Waals surface area contributed by atoms with Crippen molar-refractivity contribution < 1.29 is 4.42 Å². The molecule has 0 spiro atoms. The van der Waals surface area contributed by atoms with Crippen LogP contribution in [0.1, 0.15) is 29.7 Å².